The molecule has 1 unspecified atom stereocenters. The molecule has 6 nitrogen and oxygen atoms in total. The van der Waals surface area contributed by atoms with Crippen molar-refractivity contribution in [2.75, 3.05) is 17.7 Å². The molecule has 0 saturated carbocycles. The molecule has 6 heteroatoms. The Labute approximate surface area is 158 Å². The van der Waals surface area contributed by atoms with Gasteiger partial charge in [-0.1, -0.05) is 30.3 Å². The molecule has 0 aliphatic carbocycles. The summed E-state index contributed by atoms with van der Waals surface area (Å²) < 4.78 is 4.71. The number of carbonyl (C=O) groups excluding carboxylic acids is 1. The second-order valence-corrected chi connectivity index (χ2v) is 6.19. The van der Waals surface area contributed by atoms with Gasteiger partial charge >= 0.3 is 5.97 Å². The molecule has 0 saturated heterocycles. The lowest BCUT2D eigenvalue weighted by Gasteiger charge is -2.16. The van der Waals surface area contributed by atoms with E-state index >= 15 is 0 Å². The van der Waals surface area contributed by atoms with Crippen molar-refractivity contribution in [3.8, 4) is 0 Å². The Balaban J connectivity index is 1.74. The SMILES string of the molecule is COC(=O)c1ccc(Nc2nc(C)cc(NC(C)c3ccccc3)n2)cc1. The van der Waals surface area contributed by atoms with E-state index in [0.29, 0.717) is 11.5 Å². The van der Waals surface area contributed by atoms with Crippen molar-refractivity contribution < 1.29 is 9.53 Å². The minimum Gasteiger partial charge on any atom is -0.465 e. The molecular formula is C21H22N4O2. The normalized spacial score (nSPS) is 11.5. The highest BCUT2D eigenvalue weighted by Gasteiger charge is 2.09. The third-order valence-electron chi connectivity index (χ3n) is 4.08. The number of methoxy groups -OCH3 is 1. The lowest BCUT2D eigenvalue weighted by Crippen LogP contribution is -2.10. The van der Waals surface area contributed by atoms with Crippen LogP contribution in [-0.4, -0.2) is 23.0 Å². The van der Waals surface area contributed by atoms with E-state index in [9.17, 15) is 4.79 Å². The van der Waals surface area contributed by atoms with Gasteiger partial charge in [-0.05, 0) is 43.7 Å². The molecular weight excluding hydrogens is 340 g/mol. The largest absolute Gasteiger partial charge is 0.465 e. The first-order valence-corrected chi connectivity index (χ1v) is 8.68. The lowest BCUT2D eigenvalue weighted by atomic mass is 10.1. The molecule has 0 bridgehead atoms. The number of rotatable bonds is 6. The molecule has 2 N–H and O–H groups in total. The molecule has 0 spiro atoms. The number of aryl methyl sites for hydroxylation is 1. The third-order valence-corrected chi connectivity index (χ3v) is 4.08. The maximum atomic E-state index is 11.5. The van der Waals surface area contributed by atoms with Crippen LogP contribution in [0.2, 0.25) is 0 Å². The summed E-state index contributed by atoms with van der Waals surface area (Å²) in [5.41, 5.74) is 3.31. The smallest absolute Gasteiger partial charge is 0.337 e. The van der Waals surface area contributed by atoms with E-state index in [1.54, 1.807) is 24.3 Å². The van der Waals surface area contributed by atoms with E-state index in [1.807, 2.05) is 31.2 Å². The van der Waals surface area contributed by atoms with E-state index in [4.69, 9.17) is 4.74 Å². The highest BCUT2D eigenvalue weighted by atomic mass is 16.5. The maximum absolute atomic E-state index is 11.5. The highest BCUT2D eigenvalue weighted by Crippen LogP contribution is 2.21. The van der Waals surface area contributed by atoms with Crippen molar-refractivity contribution in [2.24, 2.45) is 0 Å². The third kappa shape index (κ3) is 4.82. The Bertz CT molecular complexity index is 911. The number of hydrogen-bond donors (Lipinski definition) is 2. The molecule has 138 valence electrons. The molecule has 3 rings (SSSR count). The average molecular weight is 362 g/mol. The van der Waals surface area contributed by atoms with Crippen molar-refractivity contribution >= 4 is 23.4 Å². The predicted octanol–water partition coefficient (Wildman–Crippen LogP) is 4.49. The summed E-state index contributed by atoms with van der Waals surface area (Å²) in [6.07, 6.45) is 0. The highest BCUT2D eigenvalue weighted by molar-refractivity contribution is 5.89. The van der Waals surface area contributed by atoms with Gasteiger partial charge in [-0.15, -0.1) is 0 Å². The molecule has 0 amide bonds. The van der Waals surface area contributed by atoms with Crippen molar-refractivity contribution in [2.45, 2.75) is 19.9 Å². The van der Waals surface area contributed by atoms with E-state index in [0.717, 1.165) is 17.2 Å². The summed E-state index contributed by atoms with van der Waals surface area (Å²) >= 11 is 0. The van der Waals surface area contributed by atoms with Crippen LogP contribution in [0.1, 0.15) is 34.6 Å². The van der Waals surface area contributed by atoms with Crippen LogP contribution in [0.25, 0.3) is 0 Å². The van der Waals surface area contributed by atoms with Gasteiger partial charge < -0.3 is 15.4 Å². The summed E-state index contributed by atoms with van der Waals surface area (Å²) in [6, 6.07) is 19.2. The summed E-state index contributed by atoms with van der Waals surface area (Å²) in [6.45, 7) is 4.01. The number of hydrogen-bond acceptors (Lipinski definition) is 6. The zero-order valence-corrected chi connectivity index (χ0v) is 15.6. The van der Waals surface area contributed by atoms with E-state index in [1.165, 1.54) is 12.7 Å². The van der Waals surface area contributed by atoms with E-state index in [-0.39, 0.29) is 12.0 Å². The first-order valence-electron chi connectivity index (χ1n) is 8.68. The minimum absolute atomic E-state index is 0.118. The van der Waals surface area contributed by atoms with Gasteiger partial charge in [0.05, 0.1) is 12.7 Å². The van der Waals surface area contributed by atoms with Crippen molar-refractivity contribution in [3.05, 3.63) is 77.5 Å². The van der Waals surface area contributed by atoms with Crippen molar-refractivity contribution in [1.82, 2.24) is 9.97 Å². The Kier molecular flexibility index (Phi) is 5.66. The molecule has 1 atom stereocenters. The molecule has 2 aromatic carbocycles. The summed E-state index contributed by atoms with van der Waals surface area (Å²) in [7, 11) is 1.36. The molecule has 0 radical (unpaired) electrons. The van der Waals surface area contributed by atoms with Gasteiger partial charge in [0.25, 0.3) is 0 Å². The molecule has 1 heterocycles. The number of carbonyl (C=O) groups is 1. The number of anilines is 3. The lowest BCUT2D eigenvalue weighted by molar-refractivity contribution is 0.0601. The first-order chi connectivity index (χ1) is 13.0. The zero-order chi connectivity index (χ0) is 19.2. The van der Waals surface area contributed by atoms with Gasteiger partial charge in [0.15, 0.2) is 0 Å². The monoisotopic (exact) mass is 362 g/mol. The second-order valence-electron chi connectivity index (χ2n) is 6.19. The van der Waals surface area contributed by atoms with Gasteiger partial charge in [0, 0.05) is 23.5 Å². The second kappa shape index (κ2) is 8.31. The number of benzene rings is 2. The van der Waals surface area contributed by atoms with Crippen LogP contribution in [0.15, 0.2) is 60.7 Å². The molecule has 0 aliphatic heterocycles. The van der Waals surface area contributed by atoms with Gasteiger partial charge in [0.1, 0.15) is 5.82 Å². The zero-order valence-electron chi connectivity index (χ0n) is 15.6. The van der Waals surface area contributed by atoms with Crippen LogP contribution in [0, 0.1) is 6.92 Å². The molecule has 1 aromatic heterocycles. The van der Waals surface area contributed by atoms with Crippen LogP contribution in [-0.2, 0) is 4.74 Å². The topological polar surface area (TPSA) is 76.1 Å². The van der Waals surface area contributed by atoms with Crippen LogP contribution in [0.4, 0.5) is 17.5 Å². The Morgan fingerprint density at radius 1 is 1.04 bits per heavy atom. The first kappa shape index (κ1) is 18.4. The number of ether oxygens (including phenoxy) is 1. The van der Waals surface area contributed by atoms with Crippen molar-refractivity contribution in [1.29, 1.82) is 0 Å². The minimum atomic E-state index is -0.366. The quantitative estimate of drug-likeness (QED) is 0.629. The number of aromatic nitrogens is 2. The molecule has 27 heavy (non-hydrogen) atoms. The van der Waals surface area contributed by atoms with E-state index in [2.05, 4.69) is 39.7 Å². The fraction of sp³-hybridized carbons (Fsp3) is 0.190. The number of esters is 1. The van der Waals surface area contributed by atoms with Crippen LogP contribution in [0.5, 0.6) is 0 Å². The molecule has 0 aliphatic rings. The summed E-state index contributed by atoms with van der Waals surface area (Å²) in [5, 5.41) is 6.57. The predicted molar refractivity (Wildman–Crippen MR) is 106 cm³/mol. The fourth-order valence-corrected chi connectivity index (χ4v) is 2.68. The Hall–Kier alpha value is -3.41. The Morgan fingerprint density at radius 2 is 1.74 bits per heavy atom. The van der Waals surface area contributed by atoms with Gasteiger partial charge in [-0.3, -0.25) is 0 Å². The summed E-state index contributed by atoms with van der Waals surface area (Å²) in [4.78, 5) is 20.5. The fourth-order valence-electron chi connectivity index (χ4n) is 2.68. The van der Waals surface area contributed by atoms with Crippen LogP contribution >= 0.6 is 0 Å². The van der Waals surface area contributed by atoms with Gasteiger partial charge in [-0.2, -0.15) is 4.98 Å². The maximum Gasteiger partial charge on any atom is 0.337 e. The van der Waals surface area contributed by atoms with E-state index < -0.39 is 0 Å². The van der Waals surface area contributed by atoms with Gasteiger partial charge in [0.2, 0.25) is 5.95 Å². The van der Waals surface area contributed by atoms with Gasteiger partial charge in [-0.25, -0.2) is 9.78 Å². The average Bonchev–Trinajstić information content (AvgIpc) is 2.68. The number of nitrogens with zero attached hydrogens (tertiary/aromatic N) is 2. The number of nitrogens with one attached hydrogen (secondary N) is 2. The van der Waals surface area contributed by atoms with Crippen LogP contribution in [0.3, 0.4) is 0 Å². The standard InChI is InChI=1S/C21H22N4O2/c1-14-13-19(23-15(2)16-7-5-4-6-8-16)25-21(22-14)24-18-11-9-17(10-12-18)20(26)27-3/h4-13,15H,1-3H3,(H2,22,23,24,25). The van der Waals surface area contributed by atoms with Crippen molar-refractivity contribution in [3.63, 3.8) is 0 Å². The van der Waals surface area contributed by atoms with Crippen LogP contribution < -0.4 is 10.6 Å². The molecule has 3 aromatic rings. The Morgan fingerprint density at radius 3 is 2.41 bits per heavy atom. The summed E-state index contributed by atoms with van der Waals surface area (Å²) in [5.74, 6) is 0.867. The molecule has 0 fully saturated rings.